The van der Waals surface area contributed by atoms with E-state index in [9.17, 15) is 13.2 Å². The molecular weight excluding hydrogens is 506 g/mol. The minimum Gasteiger partial charge on any atom is -0.497 e. The monoisotopic (exact) mass is 537 g/mol. The van der Waals surface area contributed by atoms with Gasteiger partial charge in [0.2, 0.25) is 11.7 Å². The summed E-state index contributed by atoms with van der Waals surface area (Å²) < 4.78 is 30.5. The lowest BCUT2D eigenvalue weighted by atomic mass is 9.85. The van der Waals surface area contributed by atoms with Crippen LogP contribution >= 0.6 is 0 Å². The number of methoxy groups -OCH3 is 1. The van der Waals surface area contributed by atoms with Crippen molar-refractivity contribution in [3.05, 3.63) is 36.4 Å². The van der Waals surface area contributed by atoms with E-state index in [1.807, 2.05) is 33.7 Å². The maximum Gasteiger partial charge on any atom is 0.227 e. The molecule has 1 amide bonds. The fourth-order valence-electron chi connectivity index (χ4n) is 4.96. The number of nitrogens with one attached hydrogen (secondary N) is 1. The molecule has 3 N–H and O–H groups in total. The highest BCUT2D eigenvalue weighted by atomic mass is 32.2. The van der Waals surface area contributed by atoms with E-state index in [0.717, 1.165) is 31.4 Å². The minimum absolute atomic E-state index is 0.0163. The lowest BCUT2D eigenvalue weighted by Crippen LogP contribution is -2.40. The Morgan fingerprint density at radius 3 is 2.68 bits per heavy atom. The fourth-order valence-corrected chi connectivity index (χ4v) is 6.24. The van der Waals surface area contributed by atoms with Crippen LogP contribution in [-0.2, 0) is 14.6 Å². The Labute approximate surface area is 221 Å². The van der Waals surface area contributed by atoms with Crippen LogP contribution in [-0.4, -0.2) is 77.0 Å². The number of ether oxygens (including phenoxy) is 1. The van der Waals surface area contributed by atoms with E-state index in [1.54, 1.807) is 13.4 Å². The molecule has 1 saturated heterocycles. The third kappa shape index (κ3) is 5.89. The first-order valence-corrected chi connectivity index (χ1v) is 14.5. The van der Waals surface area contributed by atoms with E-state index < -0.39 is 9.84 Å². The molecule has 2 fully saturated rings. The summed E-state index contributed by atoms with van der Waals surface area (Å²) in [5.41, 5.74) is 8.06. The summed E-state index contributed by atoms with van der Waals surface area (Å²) in [6, 6.07) is 7.49. The van der Waals surface area contributed by atoms with Crippen molar-refractivity contribution in [3.8, 4) is 17.6 Å². The van der Waals surface area contributed by atoms with E-state index in [4.69, 9.17) is 10.5 Å². The number of rotatable bonds is 5. The van der Waals surface area contributed by atoms with Crippen LogP contribution in [0.15, 0.2) is 30.6 Å². The number of benzene rings is 1. The third-order valence-corrected chi connectivity index (χ3v) is 8.80. The molecular formula is C26H31N7O4S. The van der Waals surface area contributed by atoms with Crippen molar-refractivity contribution < 1.29 is 17.9 Å². The molecule has 0 radical (unpaired) electrons. The second-order valence-corrected chi connectivity index (χ2v) is 12.0. The standard InChI is InChI=1S/C26H31N7O4S/c1-37-21-5-2-4-19(16-21)29-26(34)18-7-9-20(10-8-18)33-17-28-23-24(27)30-22(31-25(23)33)6-3-11-32-12-14-38(35,36)15-13-32/h2,4-5,16-18,20H,7-15H2,1H3,(H,29,34)(H2,27,30,31). The number of carbonyl (C=O) groups is 1. The minimum atomic E-state index is -2.92. The molecule has 1 aliphatic carbocycles. The van der Waals surface area contributed by atoms with Gasteiger partial charge in [-0.1, -0.05) is 12.0 Å². The number of hydrogen-bond donors (Lipinski definition) is 2. The van der Waals surface area contributed by atoms with E-state index in [-0.39, 0.29) is 35.2 Å². The summed E-state index contributed by atoms with van der Waals surface area (Å²) in [6.07, 6.45) is 4.86. The number of nitrogens with zero attached hydrogens (tertiary/aromatic N) is 5. The van der Waals surface area contributed by atoms with Gasteiger partial charge in [0.1, 0.15) is 11.3 Å². The second kappa shape index (κ2) is 11.0. The average Bonchev–Trinajstić information content (AvgIpc) is 3.34. The van der Waals surface area contributed by atoms with Crippen LogP contribution < -0.4 is 15.8 Å². The maximum atomic E-state index is 12.9. The van der Waals surface area contributed by atoms with Crippen molar-refractivity contribution in [1.82, 2.24) is 24.4 Å². The zero-order valence-electron chi connectivity index (χ0n) is 21.3. The zero-order chi connectivity index (χ0) is 26.7. The number of amides is 1. The van der Waals surface area contributed by atoms with Gasteiger partial charge in [0.05, 0.1) is 31.5 Å². The third-order valence-electron chi connectivity index (χ3n) is 7.19. The summed E-state index contributed by atoms with van der Waals surface area (Å²) >= 11 is 0. The summed E-state index contributed by atoms with van der Waals surface area (Å²) in [6.45, 7) is 1.40. The predicted octanol–water partition coefficient (Wildman–Crippen LogP) is 1.87. The molecule has 38 heavy (non-hydrogen) atoms. The average molecular weight is 538 g/mol. The highest BCUT2D eigenvalue weighted by molar-refractivity contribution is 7.91. The molecule has 2 aromatic heterocycles. The molecule has 5 rings (SSSR count). The van der Waals surface area contributed by atoms with Crippen LogP contribution in [0.5, 0.6) is 5.75 Å². The Balaban J connectivity index is 1.23. The molecule has 0 bridgehead atoms. The van der Waals surface area contributed by atoms with Gasteiger partial charge in [-0.05, 0) is 43.7 Å². The number of sulfone groups is 1. The quantitative estimate of drug-likeness (QED) is 0.466. The Morgan fingerprint density at radius 2 is 1.95 bits per heavy atom. The number of anilines is 2. The van der Waals surface area contributed by atoms with Crippen molar-refractivity contribution in [2.24, 2.45) is 5.92 Å². The second-order valence-electron chi connectivity index (χ2n) is 9.71. The maximum absolute atomic E-state index is 12.9. The van der Waals surface area contributed by atoms with Crippen LogP contribution in [0.2, 0.25) is 0 Å². The number of hydrogen-bond acceptors (Lipinski definition) is 9. The van der Waals surface area contributed by atoms with Crippen LogP contribution in [0.4, 0.5) is 11.5 Å². The Morgan fingerprint density at radius 1 is 1.18 bits per heavy atom. The summed E-state index contributed by atoms with van der Waals surface area (Å²) in [5.74, 6) is 7.57. The molecule has 0 unspecified atom stereocenters. The van der Waals surface area contributed by atoms with Gasteiger partial charge in [-0.2, -0.15) is 0 Å². The molecule has 2 aliphatic rings. The molecule has 1 aliphatic heterocycles. The number of carbonyl (C=O) groups excluding carboxylic acids is 1. The zero-order valence-corrected chi connectivity index (χ0v) is 22.1. The van der Waals surface area contributed by atoms with Gasteiger partial charge in [-0.25, -0.2) is 23.4 Å². The van der Waals surface area contributed by atoms with E-state index in [0.29, 0.717) is 42.4 Å². The van der Waals surface area contributed by atoms with Gasteiger partial charge in [0, 0.05) is 36.8 Å². The predicted molar refractivity (Wildman–Crippen MR) is 144 cm³/mol. The summed E-state index contributed by atoms with van der Waals surface area (Å²) in [7, 11) is -1.33. The van der Waals surface area contributed by atoms with Gasteiger partial charge >= 0.3 is 0 Å². The molecule has 11 nitrogen and oxygen atoms in total. The van der Waals surface area contributed by atoms with Crippen LogP contribution in [0.1, 0.15) is 37.5 Å². The van der Waals surface area contributed by atoms with Crippen molar-refractivity contribution in [3.63, 3.8) is 0 Å². The number of imidazole rings is 1. The first kappa shape index (κ1) is 25.9. The molecule has 1 saturated carbocycles. The first-order valence-electron chi connectivity index (χ1n) is 12.7. The fraction of sp³-hybridized carbons (Fsp3) is 0.462. The van der Waals surface area contributed by atoms with E-state index >= 15 is 0 Å². The number of aromatic nitrogens is 4. The number of fused-ring (bicyclic) bond motifs is 1. The smallest absolute Gasteiger partial charge is 0.227 e. The normalized spacial score (nSPS) is 21.4. The van der Waals surface area contributed by atoms with E-state index in [2.05, 4.69) is 32.1 Å². The van der Waals surface area contributed by atoms with E-state index in [1.165, 1.54) is 0 Å². The van der Waals surface area contributed by atoms with Crippen LogP contribution in [0.3, 0.4) is 0 Å². The molecule has 0 spiro atoms. The Kier molecular flexibility index (Phi) is 7.49. The van der Waals surface area contributed by atoms with Gasteiger partial charge in [-0.15, -0.1) is 0 Å². The largest absolute Gasteiger partial charge is 0.497 e. The van der Waals surface area contributed by atoms with Gasteiger partial charge in [-0.3, -0.25) is 9.69 Å². The topological polar surface area (TPSA) is 145 Å². The molecule has 3 heterocycles. The lowest BCUT2D eigenvalue weighted by Gasteiger charge is -2.28. The molecule has 1 aromatic carbocycles. The van der Waals surface area contributed by atoms with Gasteiger partial charge in [0.25, 0.3) is 0 Å². The van der Waals surface area contributed by atoms with Crippen molar-refractivity contribution in [2.75, 3.05) is 49.3 Å². The lowest BCUT2D eigenvalue weighted by molar-refractivity contribution is -0.121. The van der Waals surface area contributed by atoms with Crippen LogP contribution in [0, 0.1) is 17.8 Å². The Hall–Kier alpha value is -3.69. The highest BCUT2D eigenvalue weighted by Crippen LogP contribution is 2.35. The highest BCUT2D eigenvalue weighted by Gasteiger charge is 2.29. The van der Waals surface area contributed by atoms with Crippen molar-refractivity contribution in [2.45, 2.75) is 31.7 Å². The van der Waals surface area contributed by atoms with Crippen molar-refractivity contribution >= 4 is 38.4 Å². The SMILES string of the molecule is COc1cccc(NC(=O)C2CCC(n3cnc4c(N)nc(C#CCN5CCS(=O)(=O)CC5)nc43)CC2)c1. The molecule has 0 atom stereocenters. The molecule has 200 valence electrons. The van der Waals surface area contributed by atoms with Crippen LogP contribution in [0.25, 0.3) is 11.2 Å². The van der Waals surface area contributed by atoms with Crippen molar-refractivity contribution in [1.29, 1.82) is 0 Å². The Bertz CT molecular complexity index is 1490. The number of nitrogens with two attached hydrogens (primary N) is 1. The summed E-state index contributed by atoms with van der Waals surface area (Å²) in [4.78, 5) is 28.2. The molecule has 12 heteroatoms. The molecule has 3 aromatic rings. The number of nitrogen functional groups attached to an aromatic ring is 1. The summed E-state index contributed by atoms with van der Waals surface area (Å²) in [5, 5.41) is 3.00. The first-order chi connectivity index (χ1) is 18.3. The van der Waals surface area contributed by atoms with Gasteiger partial charge < -0.3 is 20.4 Å². The van der Waals surface area contributed by atoms with Gasteiger partial charge in [0.15, 0.2) is 21.3 Å².